The van der Waals surface area contributed by atoms with Gasteiger partial charge in [0, 0.05) is 17.6 Å². The molecule has 29 heavy (non-hydrogen) atoms. The van der Waals surface area contributed by atoms with Gasteiger partial charge in [-0.25, -0.2) is 8.42 Å². The number of nitrogens with one attached hydrogen (secondary N) is 2. The van der Waals surface area contributed by atoms with Crippen molar-refractivity contribution in [3.05, 3.63) is 82.8 Å². The zero-order chi connectivity index (χ0) is 20.7. The van der Waals surface area contributed by atoms with Gasteiger partial charge in [0.25, 0.3) is 0 Å². The zero-order valence-electron chi connectivity index (χ0n) is 15.3. The van der Waals surface area contributed by atoms with Crippen LogP contribution in [0.5, 0.6) is 0 Å². The Morgan fingerprint density at radius 2 is 1.66 bits per heavy atom. The van der Waals surface area contributed by atoms with Crippen LogP contribution in [0.2, 0.25) is 0 Å². The molecule has 1 aromatic carbocycles. The van der Waals surface area contributed by atoms with Gasteiger partial charge in [-0.15, -0.1) is 11.3 Å². The van der Waals surface area contributed by atoms with Crippen molar-refractivity contribution in [3.8, 4) is 0 Å². The van der Waals surface area contributed by atoms with Gasteiger partial charge in [-0.3, -0.25) is 14.6 Å². The van der Waals surface area contributed by atoms with Gasteiger partial charge in [0.15, 0.2) is 9.84 Å². The lowest BCUT2D eigenvalue weighted by molar-refractivity contribution is -0.139. The lowest BCUT2D eigenvalue weighted by Gasteiger charge is -2.17. The van der Waals surface area contributed by atoms with Crippen molar-refractivity contribution in [2.75, 3.05) is 6.54 Å². The molecule has 0 saturated heterocycles. The normalized spacial score (nSPS) is 12.1. The molecule has 0 bridgehead atoms. The second-order valence-electron chi connectivity index (χ2n) is 6.08. The third-order valence-electron chi connectivity index (χ3n) is 4.12. The molecule has 0 aliphatic carbocycles. The minimum absolute atomic E-state index is 0.101. The van der Waals surface area contributed by atoms with E-state index in [1.165, 1.54) is 23.5 Å². The molecule has 9 heteroatoms. The van der Waals surface area contributed by atoms with Gasteiger partial charge in [0.1, 0.15) is 5.25 Å². The Morgan fingerprint density at radius 1 is 0.931 bits per heavy atom. The maximum Gasteiger partial charge on any atom is 0.309 e. The molecule has 0 aliphatic rings. The van der Waals surface area contributed by atoms with Gasteiger partial charge in [0.05, 0.1) is 17.1 Å². The molecule has 7 nitrogen and oxygen atoms in total. The van der Waals surface area contributed by atoms with E-state index in [1.54, 1.807) is 60.1 Å². The number of hydrogen-bond acceptors (Lipinski definition) is 6. The first-order chi connectivity index (χ1) is 14.0. The van der Waals surface area contributed by atoms with E-state index < -0.39 is 26.9 Å². The monoisotopic (exact) mass is 429 g/mol. The molecule has 0 saturated carbocycles. The van der Waals surface area contributed by atoms with Crippen molar-refractivity contribution in [2.45, 2.75) is 16.7 Å². The van der Waals surface area contributed by atoms with E-state index in [-0.39, 0.29) is 18.0 Å². The molecule has 0 spiro atoms. The smallest absolute Gasteiger partial charge is 0.309 e. The molecule has 2 aromatic heterocycles. The summed E-state index contributed by atoms with van der Waals surface area (Å²) in [5.41, 5.74) is 0.608. The number of hydrogen-bond donors (Lipinski definition) is 2. The van der Waals surface area contributed by atoms with E-state index in [0.717, 1.165) is 0 Å². The van der Waals surface area contributed by atoms with Crippen LogP contribution in [0.25, 0.3) is 0 Å². The van der Waals surface area contributed by atoms with E-state index >= 15 is 0 Å². The summed E-state index contributed by atoms with van der Waals surface area (Å²) in [5.74, 6) is -1.75. The van der Waals surface area contributed by atoms with E-state index in [9.17, 15) is 18.0 Å². The number of carbonyl (C=O) groups excluding carboxylic acids is 2. The quantitative estimate of drug-likeness (QED) is 0.560. The number of rotatable bonds is 7. The first kappa shape index (κ1) is 20.7. The first-order valence-electron chi connectivity index (χ1n) is 8.77. The molecule has 3 aromatic rings. The second kappa shape index (κ2) is 9.44. The Hall–Kier alpha value is -3.04. The number of benzene rings is 1. The fraction of sp³-hybridized carbons (Fsp3) is 0.150. The first-order valence-corrected chi connectivity index (χ1v) is 11.2. The summed E-state index contributed by atoms with van der Waals surface area (Å²) in [6.45, 7) is -0.114. The van der Waals surface area contributed by atoms with Gasteiger partial charge in [-0.2, -0.15) is 0 Å². The summed E-state index contributed by atoms with van der Waals surface area (Å²) in [5, 5.41) is 5.69. The molecule has 1 atom stereocenters. The van der Waals surface area contributed by atoms with Crippen molar-refractivity contribution >= 4 is 33.0 Å². The average molecular weight is 430 g/mol. The molecular formula is C20H19N3O4S2. The van der Waals surface area contributed by atoms with Gasteiger partial charge in [0.2, 0.25) is 0 Å². The Labute approximate surface area is 172 Å². The summed E-state index contributed by atoms with van der Waals surface area (Å²) < 4.78 is 26.1. The summed E-state index contributed by atoms with van der Waals surface area (Å²) in [7, 11) is -3.75. The van der Waals surface area contributed by atoms with Crippen molar-refractivity contribution in [2.24, 2.45) is 0 Å². The van der Waals surface area contributed by atoms with E-state index in [1.807, 2.05) is 0 Å². The third kappa shape index (κ3) is 5.27. The minimum atomic E-state index is -3.75. The molecule has 2 N–H and O–H groups in total. The maximum absolute atomic E-state index is 13.1. The highest BCUT2D eigenvalue weighted by Crippen LogP contribution is 2.31. The maximum atomic E-state index is 13.1. The van der Waals surface area contributed by atoms with E-state index in [2.05, 4.69) is 15.6 Å². The highest BCUT2D eigenvalue weighted by molar-refractivity contribution is 7.91. The van der Waals surface area contributed by atoms with Gasteiger partial charge in [-0.05, 0) is 35.7 Å². The summed E-state index contributed by atoms with van der Waals surface area (Å²) >= 11 is 1.28. The van der Waals surface area contributed by atoms with Crippen LogP contribution in [0, 0.1) is 0 Å². The number of carbonyl (C=O) groups is 2. The molecule has 2 heterocycles. The van der Waals surface area contributed by atoms with Crippen LogP contribution in [0.4, 0.5) is 0 Å². The Morgan fingerprint density at radius 3 is 2.31 bits per heavy atom. The minimum Gasteiger partial charge on any atom is -0.346 e. The molecule has 3 rings (SSSR count). The number of pyridine rings is 1. The highest BCUT2D eigenvalue weighted by atomic mass is 32.2. The number of nitrogens with zero attached hydrogens (tertiary/aromatic N) is 1. The van der Waals surface area contributed by atoms with E-state index in [4.69, 9.17) is 0 Å². The lowest BCUT2D eigenvalue weighted by Crippen LogP contribution is -2.42. The molecule has 0 aliphatic heterocycles. The second-order valence-corrected chi connectivity index (χ2v) is 9.19. The third-order valence-corrected chi connectivity index (χ3v) is 7.35. The fourth-order valence-corrected chi connectivity index (χ4v) is 5.44. The summed E-state index contributed by atoms with van der Waals surface area (Å²) in [4.78, 5) is 29.0. The van der Waals surface area contributed by atoms with Crippen LogP contribution in [-0.4, -0.2) is 31.8 Å². The number of sulfone groups is 1. The van der Waals surface area contributed by atoms with Crippen LogP contribution in [-0.2, 0) is 26.0 Å². The molecule has 0 radical (unpaired) electrons. The van der Waals surface area contributed by atoms with Crippen molar-refractivity contribution < 1.29 is 18.0 Å². The van der Waals surface area contributed by atoms with Crippen molar-refractivity contribution in [3.63, 3.8) is 0 Å². The average Bonchev–Trinajstić information content (AvgIpc) is 3.27. The predicted molar refractivity (Wildman–Crippen MR) is 110 cm³/mol. The fourth-order valence-electron chi connectivity index (χ4n) is 2.63. The summed E-state index contributed by atoms with van der Waals surface area (Å²) in [6, 6.07) is 16.7. The van der Waals surface area contributed by atoms with Crippen LogP contribution in [0.3, 0.4) is 0 Å². The number of thiophene rings is 1. The van der Waals surface area contributed by atoms with Crippen molar-refractivity contribution in [1.29, 1.82) is 0 Å². The van der Waals surface area contributed by atoms with Crippen LogP contribution < -0.4 is 10.6 Å². The highest BCUT2D eigenvalue weighted by Gasteiger charge is 2.31. The zero-order valence-corrected chi connectivity index (χ0v) is 16.9. The van der Waals surface area contributed by atoms with Crippen LogP contribution in [0.1, 0.15) is 15.8 Å². The lowest BCUT2D eigenvalue weighted by atomic mass is 10.3. The SMILES string of the molecule is O=C(NCc1ccccn1)C(=O)NCC(c1cccs1)S(=O)(=O)c1ccccc1. The Bertz CT molecular complexity index is 1050. The topological polar surface area (TPSA) is 105 Å². The Balaban J connectivity index is 1.67. The van der Waals surface area contributed by atoms with Gasteiger partial charge >= 0.3 is 11.8 Å². The molecule has 150 valence electrons. The van der Waals surface area contributed by atoms with Crippen molar-refractivity contribution in [1.82, 2.24) is 15.6 Å². The van der Waals surface area contributed by atoms with Gasteiger partial charge < -0.3 is 10.6 Å². The Kier molecular flexibility index (Phi) is 6.73. The standard InChI is InChI=1S/C20H19N3O4S2/c24-19(22-13-15-7-4-5-11-21-15)20(25)23-14-18(17-10-6-12-28-17)29(26,27)16-8-2-1-3-9-16/h1-12,18H,13-14H2,(H,22,24)(H,23,25). The van der Waals surface area contributed by atoms with Gasteiger partial charge in [-0.1, -0.05) is 30.3 Å². The molecular weight excluding hydrogens is 410 g/mol. The predicted octanol–water partition coefficient (Wildman–Crippen LogP) is 2.09. The molecule has 2 amide bonds. The number of aromatic nitrogens is 1. The summed E-state index contributed by atoms with van der Waals surface area (Å²) in [6.07, 6.45) is 1.58. The van der Waals surface area contributed by atoms with Crippen LogP contribution >= 0.6 is 11.3 Å². The van der Waals surface area contributed by atoms with Crippen LogP contribution in [0.15, 0.2) is 77.1 Å². The molecule has 1 unspecified atom stereocenters. The molecule has 0 fully saturated rings. The van der Waals surface area contributed by atoms with E-state index in [0.29, 0.717) is 10.6 Å². The number of amides is 2. The largest absolute Gasteiger partial charge is 0.346 e.